The summed E-state index contributed by atoms with van der Waals surface area (Å²) in [7, 11) is 0. The van der Waals surface area contributed by atoms with Crippen molar-refractivity contribution >= 4 is 0 Å². The molecule has 7 rings (SSSR count). The number of epoxide rings is 1. The topological polar surface area (TPSA) is 51.2 Å². The van der Waals surface area contributed by atoms with Gasteiger partial charge in [0.05, 0.1) is 30.5 Å². The molecule has 2 spiro atoms. The van der Waals surface area contributed by atoms with Crippen LogP contribution in [-0.2, 0) is 14.2 Å². The fraction of sp³-hybridized carbons (Fsp3) is 1.00. The van der Waals surface area contributed by atoms with Gasteiger partial charge in [0.2, 0.25) is 0 Å². The zero-order valence-electron chi connectivity index (χ0n) is 22.7. The molecule has 0 radical (unpaired) electrons. The van der Waals surface area contributed by atoms with Gasteiger partial charge in [0, 0.05) is 24.2 Å². The number of fused-ring (bicyclic) bond motifs is 5. The molecular formula is C30H48O4. The maximum absolute atomic E-state index is 11.9. The van der Waals surface area contributed by atoms with Crippen LogP contribution in [0, 0.1) is 51.2 Å². The zero-order chi connectivity index (χ0) is 24.1. The summed E-state index contributed by atoms with van der Waals surface area (Å²) in [5.74, 6) is 2.06. The normalized spacial score (nSPS) is 62.9. The molecule has 0 aromatic rings. The van der Waals surface area contributed by atoms with Crippen molar-refractivity contribution in [2.75, 3.05) is 6.61 Å². The van der Waals surface area contributed by atoms with E-state index in [-0.39, 0.29) is 28.3 Å². The SMILES string of the molecule is CC(C)C[C@@H]1C[C@](C)(O)[C@@H]2[C@H]3CC[C@@H]4[C@@]5(C)C[C@H]6O[C@H]6C(C)(C)[C@@H]5CC[C@@]4(C)[C@@]34CO[C@@]2(C4)O1. The summed E-state index contributed by atoms with van der Waals surface area (Å²) in [6.45, 7) is 17.7. The van der Waals surface area contributed by atoms with E-state index in [0.717, 1.165) is 31.8 Å². The minimum absolute atomic E-state index is 0.0986. The van der Waals surface area contributed by atoms with Crippen molar-refractivity contribution in [3.05, 3.63) is 0 Å². The van der Waals surface area contributed by atoms with E-state index in [1.54, 1.807) is 0 Å². The number of hydrogen-bond acceptors (Lipinski definition) is 4. The molecule has 7 aliphatic rings. The molecule has 34 heavy (non-hydrogen) atoms. The second-order valence-electron chi connectivity index (χ2n) is 15.7. The summed E-state index contributed by atoms with van der Waals surface area (Å²) in [5, 5.41) is 11.9. The van der Waals surface area contributed by atoms with Gasteiger partial charge in [0.25, 0.3) is 0 Å². The van der Waals surface area contributed by atoms with Crippen LogP contribution in [0.1, 0.15) is 99.8 Å². The summed E-state index contributed by atoms with van der Waals surface area (Å²) in [5.41, 5.74) is 0.280. The molecule has 3 aliphatic heterocycles. The lowest BCUT2D eigenvalue weighted by atomic mass is 9.35. The molecule has 4 nitrogen and oxygen atoms in total. The summed E-state index contributed by atoms with van der Waals surface area (Å²) in [4.78, 5) is 0. The Morgan fingerprint density at radius 1 is 0.971 bits per heavy atom. The highest BCUT2D eigenvalue weighted by Gasteiger charge is 2.81. The first kappa shape index (κ1) is 23.0. The van der Waals surface area contributed by atoms with Gasteiger partial charge in [0.15, 0.2) is 5.79 Å². The van der Waals surface area contributed by atoms with Crippen molar-refractivity contribution in [1.29, 1.82) is 0 Å². The van der Waals surface area contributed by atoms with Gasteiger partial charge in [-0.25, -0.2) is 0 Å². The molecule has 4 saturated carbocycles. The van der Waals surface area contributed by atoms with Crippen molar-refractivity contribution in [2.45, 2.75) is 130 Å². The summed E-state index contributed by atoms with van der Waals surface area (Å²) < 4.78 is 20.0. The molecule has 4 heteroatoms. The van der Waals surface area contributed by atoms with Crippen molar-refractivity contribution < 1.29 is 19.3 Å². The molecule has 0 unspecified atom stereocenters. The van der Waals surface area contributed by atoms with Crippen LogP contribution in [0.25, 0.3) is 0 Å². The molecule has 0 aromatic carbocycles. The highest BCUT2D eigenvalue weighted by Crippen LogP contribution is 2.81. The maximum Gasteiger partial charge on any atom is 0.175 e. The van der Waals surface area contributed by atoms with E-state index in [4.69, 9.17) is 14.2 Å². The molecule has 7 fully saturated rings. The molecule has 192 valence electrons. The van der Waals surface area contributed by atoms with Crippen LogP contribution < -0.4 is 0 Å². The Morgan fingerprint density at radius 3 is 2.47 bits per heavy atom. The monoisotopic (exact) mass is 472 g/mol. The lowest BCUT2D eigenvalue weighted by Crippen LogP contribution is -2.67. The fourth-order valence-electron chi connectivity index (χ4n) is 12.3. The van der Waals surface area contributed by atoms with E-state index in [1.807, 2.05) is 0 Å². The van der Waals surface area contributed by atoms with Gasteiger partial charge in [-0.15, -0.1) is 0 Å². The third-order valence-electron chi connectivity index (χ3n) is 13.2. The van der Waals surface area contributed by atoms with Crippen molar-refractivity contribution in [1.82, 2.24) is 0 Å². The maximum atomic E-state index is 11.9. The van der Waals surface area contributed by atoms with Gasteiger partial charge in [-0.05, 0) is 85.4 Å². The number of hydrogen-bond donors (Lipinski definition) is 1. The molecule has 2 bridgehead atoms. The second kappa shape index (κ2) is 6.45. The van der Waals surface area contributed by atoms with E-state index in [0.29, 0.717) is 35.4 Å². The van der Waals surface area contributed by atoms with Crippen LogP contribution in [0.4, 0.5) is 0 Å². The largest absolute Gasteiger partial charge is 0.390 e. The predicted octanol–water partition coefficient (Wildman–Crippen LogP) is 5.95. The molecule has 3 heterocycles. The number of aliphatic hydroxyl groups is 1. The Hall–Kier alpha value is -0.160. The van der Waals surface area contributed by atoms with Crippen LogP contribution in [0.3, 0.4) is 0 Å². The Labute approximate surface area is 206 Å². The predicted molar refractivity (Wildman–Crippen MR) is 131 cm³/mol. The van der Waals surface area contributed by atoms with Gasteiger partial charge in [-0.3, -0.25) is 0 Å². The minimum Gasteiger partial charge on any atom is -0.390 e. The third-order valence-corrected chi connectivity index (χ3v) is 13.2. The Bertz CT molecular complexity index is 896. The van der Waals surface area contributed by atoms with E-state index in [1.165, 1.54) is 32.1 Å². The highest BCUT2D eigenvalue weighted by atomic mass is 16.7. The lowest BCUT2D eigenvalue weighted by molar-refractivity contribution is -0.347. The summed E-state index contributed by atoms with van der Waals surface area (Å²) >= 11 is 0. The molecular weight excluding hydrogens is 424 g/mol. The van der Waals surface area contributed by atoms with Crippen LogP contribution in [0.2, 0.25) is 0 Å². The first-order valence-electron chi connectivity index (χ1n) is 14.5. The van der Waals surface area contributed by atoms with Gasteiger partial charge in [-0.2, -0.15) is 0 Å². The average molecular weight is 473 g/mol. The standard InChI is InChI=1S/C30H48O4/c1-17(2)12-18-13-28(7,31)23-19-8-9-22-26(5)14-20-24(33-20)25(3,4)21(26)10-11-27(22,6)29(19)15-30(23,34-18)32-16-29/h17-24,31H,8-16H2,1-7H3/t18-,19-,20-,21+,22-,23+,24-,26+,27-,28+,29+,30+/m1/s1. The molecule has 12 atom stereocenters. The van der Waals surface area contributed by atoms with Crippen molar-refractivity contribution in [2.24, 2.45) is 51.2 Å². The second-order valence-corrected chi connectivity index (χ2v) is 15.7. The zero-order valence-corrected chi connectivity index (χ0v) is 22.7. The van der Waals surface area contributed by atoms with Gasteiger partial charge in [-0.1, -0.05) is 41.5 Å². The molecule has 0 aromatic heterocycles. The Balaban J connectivity index is 1.28. The summed E-state index contributed by atoms with van der Waals surface area (Å²) in [6, 6.07) is 0. The Morgan fingerprint density at radius 2 is 1.74 bits per heavy atom. The van der Waals surface area contributed by atoms with E-state index >= 15 is 0 Å². The van der Waals surface area contributed by atoms with Crippen molar-refractivity contribution in [3.8, 4) is 0 Å². The van der Waals surface area contributed by atoms with Crippen LogP contribution in [0.5, 0.6) is 0 Å². The highest BCUT2D eigenvalue weighted by molar-refractivity contribution is 5.27. The van der Waals surface area contributed by atoms with Crippen LogP contribution >= 0.6 is 0 Å². The van der Waals surface area contributed by atoms with Gasteiger partial charge < -0.3 is 19.3 Å². The quantitative estimate of drug-likeness (QED) is 0.505. The molecule has 1 N–H and O–H groups in total. The van der Waals surface area contributed by atoms with E-state index in [2.05, 4.69) is 48.5 Å². The van der Waals surface area contributed by atoms with Gasteiger partial charge >= 0.3 is 0 Å². The molecule has 4 aliphatic carbocycles. The average Bonchev–Trinajstić information content (AvgIpc) is 3.28. The van der Waals surface area contributed by atoms with Crippen LogP contribution in [-0.4, -0.2) is 41.4 Å². The molecule has 0 amide bonds. The van der Waals surface area contributed by atoms with Crippen molar-refractivity contribution in [3.63, 3.8) is 0 Å². The molecule has 3 saturated heterocycles. The third kappa shape index (κ3) is 2.51. The van der Waals surface area contributed by atoms with E-state index < -0.39 is 11.4 Å². The summed E-state index contributed by atoms with van der Waals surface area (Å²) in [6.07, 6.45) is 10.2. The Kier molecular flexibility index (Phi) is 4.36. The van der Waals surface area contributed by atoms with E-state index in [9.17, 15) is 5.11 Å². The fourth-order valence-corrected chi connectivity index (χ4v) is 12.3. The first-order chi connectivity index (χ1) is 15.8. The van der Waals surface area contributed by atoms with Crippen LogP contribution in [0.15, 0.2) is 0 Å². The lowest BCUT2D eigenvalue weighted by Gasteiger charge is -2.69. The number of rotatable bonds is 2. The number of ether oxygens (including phenoxy) is 3. The first-order valence-corrected chi connectivity index (χ1v) is 14.5. The van der Waals surface area contributed by atoms with Gasteiger partial charge in [0.1, 0.15) is 0 Å². The minimum atomic E-state index is -0.711. The smallest absolute Gasteiger partial charge is 0.175 e.